The molecule has 0 aliphatic carbocycles. The van der Waals surface area contributed by atoms with Crippen molar-refractivity contribution in [1.29, 1.82) is 0 Å². The zero-order valence-electron chi connectivity index (χ0n) is 14.6. The summed E-state index contributed by atoms with van der Waals surface area (Å²) in [6.45, 7) is 5.22. The lowest BCUT2D eigenvalue weighted by molar-refractivity contribution is -0.139. The Bertz CT molecular complexity index is 603. The van der Waals surface area contributed by atoms with Crippen LogP contribution >= 0.6 is 23.2 Å². The fourth-order valence-electron chi connectivity index (χ4n) is 3.70. The Morgan fingerprint density at radius 1 is 1.24 bits per heavy atom. The van der Waals surface area contributed by atoms with Crippen LogP contribution in [0.3, 0.4) is 0 Å². The second-order valence-corrected chi connectivity index (χ2v) is 7.97. The van der Waals surface area contributed by atoms with Crippen molar-refractivity contribution >= 4 is 29.1 Å². The minimum absolute atomic E-state index is 0.185. The molecule has 0 saturated carbocycles. The number of nitrogens with zero attached hydrogens (tertiary/aromatic N) is 1. The smallest absolute Gasteiger partial charge is 0.225 e. The molecule has 0 unspecified atom stereocenters. The summed E-state index contributed by atoms with van der Waals surface area (Å²) in [7, 11) is 0. The van der Waals surface area contributed by atoms with Gasteiger partial charge in [-0.05, 0) is 56.8 Å². The predicted molar refractivity (Wildman–Crippen MR) is 101 cm³/mol. The van der Waals surface area contributed by atoms with Gasteiger partial charge in [-0.1, -0.05) is 29.3 Å². The van der Waals surface area contributed by atoms with E-state index < -0.39 is 0 Å². The summed E-state index contributed by atoms with van der Waals surface area (Å²) in [5.41, 5.74) is 1.02. The van der Waals surface area contributed by atoms with Gasteiger partial charge >= 0.3 is 0 Å². The van der Waals surface area contributed by atoms with Crippen LogP contribution in [-0.2, 0) is 16.1 Å². The molecule has 1 N–H and O–H groups in total. The van der Waals surface area contributed by atoms with Gasteiger partial charge in [0.2, 0.25) is 5.91 Å². The first-order chi connectivity index (χ1) is 12.0. The van der Waals surface area contributed by atoms with Crippen molar-refractivity contribution in [3.05, 3.63) is 33.8 Å². The summed E-state index contributed by atoms with van der Waals surface area (Å²) in [6, 6.07) is 6.02. The van der Waals surface area contributed by atoms with Gasteiger partial charge in [-0.25, -0.2) is 0 Å². The molecule has 2 atom stereocenters. The van der Waals surface area contributed by atoms with E-state index in [4.69, 9.17) is 27.9 Å². The van der Waals surface area contributed by atoms with Crippen LogP contribution in [0.15, 0.2) is 18.2 Å². The maximum Gasteiger partial charge on any atom is 0.225 e. The quantitative estimate of drug-likeness (QED) is 0.855. The number of ether oxygens (including phenoxy) is 1. The number of likely N-dealkylation sites (tertiary alicyclic amines) is 1. The highest BCUT2D eigenvalue weighted by atomic mass is 35.5. The zero-order chi connectivity index (χ0) is 17.8. The third kappa shape index (κ3) is 5.10. The zero-order valence-corrected chi connectivity index (χ0v) is 16.2. The molecule has 4 nitrogen and oxygen atoms in total. The molecule has 0 spiro atoms. The van der Waals surface area contributed by atoms with E-state index in [9.17, 15) is 4.79 Å². The molecule has 2 heterocycles. The van der Waals surface area contributed by atoms with Gasteiger partial charge in [-0.2, -0.15) is 0 Å². The Balaban J connectivity index is 1.43. The molecule has 1 amide bonds. The normalized spacial score (nSPS) is 25.2. The number of benzene rings is 1. The van der Waals surface area contributed by atoms with Crippen LogP contribution in [0.1, 0.15) is 38.2 Å². The molecule has 2 aliphatic heterocycles. The van der Waals surface area contributed by atoms with Crippen LogP contribution < -0.4 is 5.32 Å². The molecular formula is C19H26Cl2N2O2. The van der Waals surface area contributed by atoms with Crippen molar-refractivity contribution in [2.75, 3.05) is 19.6 Å². The molecular weight excluding hydrogens is 359 g/mol. The largest absolute Gasteiger partial charge is 0.373 e. The highest BCUT2D eigenvalue weighted by Gasteiger charge is 2.31. The number of hydrogen-bond donors (Lipinski definition) is 1. The molecule has 25 heavy (non-hydrogen) atoms. The summed E-state index contributed by atoms with van der Waals surface area (Å²) >= 11 is 12.0. The van der Waals surface area contributed by atoms with E-state index in [1.807, 2.05) is 17.0 Å². The number of piperidine rings is 2. The average molecular weight is 385 g/mol. The van der Waals surface area contributed by atoms with Crippen molar-refractivity contribution < 1.29 is 9.53 Å². The van der Waals surface area contributed by atoms with Crippen LogP contribution in [0.4, 0.5) is 0 Å². The maximum atomic E-state index is 12.7. The number of hydrogen-bond acceptors (Lipinski definition) is 3. The van der Waals surface area contributed by atoms with Gasteiger partial charge in [0.15, 0.2) is 0 Å². The monoisotopic (exact) mass is 384 g/mol. The highest BCUT2D eigenvalue weighted by molar-refractivity contribution is 6.42. The number of carbonyl (C=O) groups excluding carboxylic acids is 1. The van der Waals surface area contributed by atoms with E-state index in [0.29, 0.717) is 28.6 Å². The van der Waals surface area contributed by atoms with Gasteiger partial charge in [0.1, 0.15) is 0 Å². The first-order valence-corrected chi connectivity index (χ1v) is 9.86. The van der Waals surface area contributed by atoms with Crippen molar-refractivity contribution in [2.45, 2.75) is 51.4 Å². The molecule has 0 radical (unpaired) electrons. The first kappa shape index (κ1) is 19.0. The van der Waals surface area contributed by atoms with Crippen molar-refractivity contribution in [3.8, 4) is 0 Å². The lowest BCUT2D eigenvalue weighted by Gasteiger charge is -2.36. The highest BCUT2D eigenvalue weighted by Crippen LogP contribution is 2.25. The summed E-state index contributed by atoms with van der Waals surface area (Å²) in [6.07, 6.45) is 3.90. The number of halogens is 2. The Morgan fingerprint density at radius 3 is 2.68 bits per heavy atom. The van der Waals surface area contributed by atoms with Crippen LogP contribution in [0.2, 0.25) is 10.0 Å². The SMILES string of the molecule is C[C@H]1C[C@@H](C(=O)N2CCC(OCc3ccc(Cl)c(Cl)c3)CC2)CCN1. The predicted octanol–water partition coefficient (Wildman–Crippen LogP) is 3.89. The van der Waals surface area contributed by atoms with E-state index in [1.54, 1.807) is 6.07 Å². The molecule has 1 aromatic rings. The number of nitrogens with one attached hydrogen (secondary N) is 1. The molecule has 0 aromatic heterocycles. The molecule has 138 valence electrons. The minimum Gasteiger partial charge on any atom is -0.373 e. The molecule has 1 aromatic carbocycles. The first-order valence-electron chi connectivity index (χ1n) is 9.10. The van der Waals surface area contributed by atoms with E-state index in [0.717, 1.165) is 50.9 Å². The molecule has 2 saturated heterocycles. The Labute approximate surface area is 159 Å². The standard InChI is InChI=1S/C19H26Cl2N2O2/c1-13-10-15(4-7-22-13)19(24)23-8-5-16(6-9-23)25-12-14-2-3-17(20)18(21)11-14/h2-3,11,13,15-16,22H,4-10,12H2,1H3/t13-,15-/m0/s1. The van der Waals surface area contributed by atoms with Crippen molar-refractivity contribution in [2.24, 2.45) is 5.92 Å². The van der Waals surface area contributed by atoms with E-state index in [-0.39, 0.29) is 12.0 Å². The van der Waals surface area contributed by atoms with Gasteiger partial charge in [0.25, 0.3) is 0 Å². The van der Waals surface area contributed by atoms with Gasteiger partial charge in [0.05, 0.1) is 22.8 Å². The summed E-state index contributed by atoms with van der Waals surface area (Å²) < 4.78 is 6.00. The van der Waals surface area contributed by atoms with E-state index in [1.165, 1.54) is 0 Å². The van der Waals surface area contributed by atoms with Gasteiger partial charge < -0.3 is 15.0 Å². The van der Waals surface area contributed by atoms with Crippen LogP contribution in [-0.4, -0.2) is 42.6 Å². The van der Waals surface area contributed by atoms with Gasteiger partial charge in [-0.3, -0.25) is 4.79 Å². The molecule has 2 aliphatic rings. The third-order valence-corrected chi connectivity index (χ3v) is 5.94. The molecule has 3 rings (SSSR count). The minimum atomic E-state index is 0.185. The lowest BCUT2D eigenvalue weighted by atomic mass is 9.91. The number of rotatable bonds is 4. The van der Waals surface area contributed by atoms with Gasteiger partial charge in [0, 0.05) is 25.0 Å². The van der Waals surface area contributed by atoms with Crippen LogP contribution in [0.5, 0.6) is 0 Å². The Kier molecular flexibility index (Phi) is 6.61. The number of amides is 1. The topological polar surface area (TPSA) is 41.6 Å². The van der Waals surface area contributed by atoms with Gasteiger partial charge in [-0.15, -0.1) is 0 Å². The fourth-order valence-corrected chi connectivity index (χ4v) is 4.02. The molecule has 6 heteroatoms. The van der Waals surface area contributed by atoms with E-state index in [2.05, 4.69) is 12.2 Å². The maximum absolute atomic E-state index is 12.7. The lowest BCUT2D eigenvalue weighted by Crippen LogP contribution is -2.47. The third-order valence-electron chi connectivity index (χ3n) is 5.20. The Morgan fingerprint density at radius 2 is 2.00 bits per heavy atom. The van der Waals surface area contributed by atoms with E-state index >= 15 is 0 Å². The Hall–Kier alpha value is -0.810. The number of carbonyl (C=O) groups is 1. The molecule has 0 bridgehead atoms. The molecule has 2 fully saturated rings. The second kappa shape index (κ2) is 8.72. The van der Waals surface area contributed by atoms with Crippen LogP contribution in [0, 0.1) is 5.92 Å². The second-order valence-electron chi connectivity index (χ2n) is 7.16. The summed E-state index contributed by atoms with van der Waals surface area (Å²) in [4.78, 5) is 14.7. The summed E-state index contributed by atoms with van der Waals surface area (Å²) in [5.74, 6) is 0.515. The van der Waals surface area contributed by atoms with Crippen molar-refractivity contribution in [3.63, 3.8) is 0 Å². The fraction of sp³-hybridized carbons (Fsp3) is 0.632. The van der Waals surface area contributed by atoms with Crippen molar-refractivity contribution in [1.82, 2.24) is 10.2 Å². The van der Waals surface area contributed by atoms with Crippen LogP contribution in [0.25, 0.3) is 0 Å². The summed E-state index contributed by atoms with van der Waals surface area (Å²) in [5, 5.41) is 4.52. The average Bonchev–Trinajstić information content (AvgIpc) is 2.62.